The van der Waals surface area contributed by atoms with Crippen LogP contribution in [-0.4, -0.2) is 0 Å². The van der Waals surface area contributed by atoms with E-state index in [1.54, 1.807) is 0 Å². The summed E-state index contributed by atoms with van der Waals surface area (Å²) < 4.78 is 0. The summed E-state index contributed by atoms with van der Waals surface area (Å²) in [7, 11) is 0. The smallest absolute Gasteiger partial charge is 0.0449 e. The van der Waals surface area contributed by atoms with Crippen molar-refractivity contribution < 1.29 is 0 Å². The van der Waals surface area contributed by atoms with E-state index in [2.05, 4.69) is 68.6 Å². The predicted octanol–water partition coefficient (Wildman–Crippen LogP) is 14.5. The van der Waals surface area contributed by atoms with Gasteiger partial charge in [0.15, 0.2) is 0 Å². The van der Waals surface area contributed by atoms with Crippen LogP contribution in [0.15, 0.2) is 42.5 Å². The van der Waals surface area contributed by atoms with Crippen molar-refractivity contribution in [2.45, 2.75) is 194 Å². The highest BCUT2D eigenvalue weighted by atomic mass is 14.9. The monoisotopic (exact) mass is 590 g/mol. The zero-order chi connectivity index (χ0) is 30.6. The summed E-state index contributed by atoms with van der Waals surface area (Å²) in [4.78, 5) is 0. The van der Waals surface area contributed by atoms with Gasteiger partial charge < -0.3 is 5.32 Å². The summed E-state index contributed by atoms with van der Waals surface area (Å²) in [5.41, 5.74) is 7.33. The van der Waals surface area contributed by atoms with Gasteiger partial charge in [0.1, 0.15) is 0 Å². The Labute approximate surface area is 269 Å². The van der Waals surface area contributed by atoms with E-state index in [-0.39, 0.29) is 0 Å². The molecule has 0 atom stereocenters. The van der Waals surface area contributed by atoms with Gasteiger partial charge in [-0.2, -0.15) is 0 Å². The summed E-state index contributed by atoms with van der Waals surface area (Å²) in [6.45, 7) is 6.92. The third kappa shape index (κ3) is 18.0. The number of hydrogen-bond acceptors (Lipinski definition) is 1. The van der Waals surface area contributed by atoms with E-state index in [9.17, 15) is 0 Å². The van der Waals surface area contributed by atoms with Crippen LogP contribution >= 0.6 is 0 Å². The van der Waals surface area contributed by atoms with Gasteiger partial charge in [-0.15, -0.1) is 0 Å². The Bertz CT molecular complexity index is 861. The number of benzene rings is 2. The molecule has 1 nitrogen and oxygen atoms in total. The van der Waals surface area contributed by atoms with E-state index >= 15 is 0 Å². The van der Waals surface area contributed by atoms with E-state index in [0.29, 0.717) is 0 Å². The van der Waals surface area contributed by atoms with Crippen LogP contribution in [-0.2, 0) is 19.3 Å². The molecular weight excluding hydrogens is 518 g/mol. The molecule has 0 spiro atoms. The maximum Gasteiger partial charge on any atom is 0.0449 e. The quantitative estimate of drug-likeness (QED) is 0.0931. The normalized spacial score (nSPS) is 11.3. The standard InChI is InChI=1S/C42H71N/c1-4-7-10-13-16-19-22-25-31-38-32-28-29-37-41(38)43-42-39(33-26-23-20-17-14-11-8-5-2)35-30-36-40(42)34-27-24-21-18-15-12-9-6-3/h28-30,32,35-37,43H,4-27,31,33-34H2,1-3H3. The number of aryl methyl sites for hydroxylation is 3. The second-order valence-corrected chi connectivity index (χ2v) is 13.4. The summed E-state index contributed by atoms with van der Waals surface area (Å²) in [5.74, 6) is 0. The molecule has 0 saturated carbocycles. The Hall–Kier alpha value is -1.76. The average molecular weight is 590 g/mol. The molecule has 0 radical (unpaired) electrons. The number of anilines is 2. The molecule has 0 heterocycles. The number of para-hydroxylation sites is 2. The highest BCUT2D eigenvalue weighted by Crippen LogP contribution is 2.31. The molecule has 0 aromatic heterocycles. The molecule has 1 N–H and O–H groups in total. The molecule has 0 aliphatic carbocycles. The largest absolute Gasteiger partial charge is 0.355 e. The Morgan fingerprint density at radius 3 is 1.09 bits per heavy atom. The second-order valence-electron chi connectivity index (χ2n) is 13.4. The van der Waals surface area contributed by atoms with Crippen molar-refractivity contribution in [1.82, 2.24) is 0 Å². The van der Waals surface area contributed by atoms with Gasteiger partial charge in [0.25, 0.3) is 0 Å². The Morgan fingerprint density at radius 2 is 0.674 bits per heavy atom. The van der Waals surface area contributed by atoms with Crippen molar-refractivity contribution in [2.75, 3.05) is 5.32 Å². The third-order valence-corrected chi connectivity index (χ3v) is 9.41. The van der Waals surface area contributed by atoms with Gasteiger partial charge in [0.05, 0.1) is 0 Å². The van der Waals surface area contributed by atoms with Crippen LogP contribution in [0.1, 0.15) is 192 Å². The lowest BCUT2D eigenvalue weighted by Crippen LogP contribution is -2.04. The molecule has 0 amide bonds. The summed E-state index contributed by atoms with van der Waals surface area (Å²) in [6, 6.07) is 16.3. The highest BCUT2D eigenvalue weighted by Gasteiger charge is 2.11. The van der Waals surface area contributed by atoms with E-state index in [1.807, 2.05) is 0 Å². The second kappa shape index (κ2) is 26.6. The molecule has 0 bridgehead atoms. The van der Waals surface area contributed by atoms with Crippen molar-refractivity contribution in [2.24, 2.45) is 0 Å². The van der Waals surface area contributed by atoms with Crippen LogP contribution in [0, 0.1) is 0 Å². The van der Waals surface area contributed by atoms with Gasteiger partial charge in [-0.05, 0) is 61.3 Å². The van der Waals surface area contributed by atoms with Crippen molar-refractivity contribution >= 4 is 11.4 Å². The molecule has 2 aromatic carbocycles. The third-order valence-electron chi connectivity index (χ3n) is 9.41. The first-order valence-corrected chi connectivity index (χ1v) is 19.3. The first kappa shape index (κ1) is 37.4. The van der Waals surface area contributed by atoms with E-state index in [4.69, 9.17) is 0 Å². The molecule has 43 heavy (non-hydrogen) atoms. The molecular formula is C42H71N. The number of hydrogen-bond donors (Lipinski definition) is 1. The zero-order valence-electron chi connectivity index (χ0n) is 29.1. The van der Waals surface area contributed by atoms with Crippen molar-refractivity contribution in [3.05, 3.63) is 59.2 Å². The lowest BCUT2D eigenvalue weighted by atomic mass is 9.96. The van der Waals surface area contributed by atoms with Gasteiger partial charge in [0.2, 0.25) is 0 Å². The van der Waals surface area contributed by atoms with Gasteiger partial charge in [-0.25, -0.2) is 0 Å². The molecule has 0 saturated heterocycles. The minimum Gasteiger partial charge on any atom is -0.355 e. The van der Waals surface area contributed by atoms with Gasteiger partial charge >= 0.3 is 0 Å². The molecule has 1 heteroatoms. The molecule has 0 unspecified atom stereocenters. The van der Waals surface area contributed by atoms with Crippen LogP contribution in [0.2, 0.25) is 0 Å². The van der Waals surface area contributed by atoms with E-state index in [1.165, 1.54) is 201 Å². The fourth-order valence-corrected chi connectivity index (χ4v) is 6.57. The maximum atomic E-state index is 4.04. The molecule has 0 fully saturated rings. The van der Waals surface area contributed by atoms with Gasteiger partial charge in [-0.1, -0.05) is 192 Å². The van der Waals surface area contributed by atoms with Crippen molar-refractivity contribution in [3.63, 3.8) is 0 Å². The fourth-order valence-electron chi connectivity index (χ4n) is 6.57. The Kier molecular flexibility index (Phi) is 23.2. The Balaban J connectivity index is 1.98. The van der Waals surface area contributed by atoms with Gasteiger partial charge in [0, 0.05) is 11.4 Å². The van der Waals surface area contributed by atoms with Crippen LogP contribution < -0.4 is 5.32 Å². The summed E-state index contributed by atoms with van der Waals surface area (Å²) >= 11 is 0. The average Bonchev–Trinajstić information content (AvgIpc) is 3.03. The molecule has 244 valence electrons. The lowest BCUT2D eigenvalue weighted by molar-refractivity contribution is 0.574. The van der Waals surface area contributed by atoms with E-state index < -0.39 is 0 Å². The SMILES string of the molecule is CCCCCCCCCCc1ccccc1Nc1c(CCCCCCCCCC)cccc1CCCCCCCCCC. The number of nitrogens with one attached hydrogen (secondary N) is 1. The first-order valence-electron chi connectivity index (χ1n) is 19.3. The van der Waals surface area contributed by atoms with Crippen molar-refractivity contribution in [1.29, 1.82) is 0 Å². The molecule has 2 rings (SSSR count). The van der Waals surface area contributed by atoms with Crippen LogP contribution in [0.25, 0.3) is 0 Å². The van der Waals surface area contributed by atoms with Crippen LogP contribution in [0.3, 0.4) is 0 Å². The van der Waals surface area contributed by atoms with E-state index in [0.717, 1.165) is 0 Å². The van der Waals surface area contributed by atoms with Crippen LogP contribution in [0.4, 0.5) is 11.4 Å². The lowest BCUT2D eigenvalue weighted by Gasteiger charge is -2.19. The summed E-state index contributed by atoms with van der Waals surface area (Å²) in [5, 5.41) is 4.04. The zero-order valence-corrected chi connectivity index (χ0v) is 29.1. The minimum atomic E-state index is 1.19. The fraction of sp³-hybridized carbons (Fsp3) is 0.714. The maximum absolute atomic E-state index is 4.04. The molecule has 2 aromatic rings. The molecule has 0 aliphatic heterocycles. The Morgan fingerprint density at radius 1 is 0.349 bits per heavy atom. The highest BCUT2D eigenvalue weighted by molar-refractivity contribution is 5.69. The minimum absolute atomic E-state index is 1.19. The number of unbranched alkanes of at least 4 members (excludes halogenated alkanes) is 21. The topological polar surface area (TPSA) is 12.0 Å². The van der Waals surface area contributed by atoms with Gasteiger partial charge in [-0.3, -0.25) is 0 Å². The molecule has 0 aliphatic rings. The van der Waals surface area contributed by atoms with Crippen molar-refractivity contribution in [3.8, 4) is 0 Å². The summed E-state index contributed by atoms with van der Waals surface area (Å²) in [6.07, 6.45) is 36.8. The number of rotatable bonds is 29. The van der Waals surface area contributed by atoms with Crippen LogP contribution in [0.5, 0.6) is 0 Å². The first-order chi connectivity index (χ1) is 21.3. The predicted molar refractivity (Wildman–Crippen MR) is 195 cm³/mol.